The molecule has 0 amide bonds. The Morgan fingerprint density at radius 1 is 1.39 bits per heavy atom. The third kappa shape index (κ3) is 2.73. The summed E-state index contributed by atoms with van der Waals surface area (Å²) in [5, 5.41) is 8.43. The summed E-state index contributed by atoms with van der Waals surface area (Å²) in [6.07, 6.45) is 0. The SMILES string of the molecule is CCSc1nnc(COc2ccccc2F)n1N. The van der Waals surface area contributed by atoms with Crippen LogP contribution >= 0.6 is 11.8 Å². The van der Waals surface area contributed by atoms with Crippen LogP contribution in [0.4, 0.5) is 4.39 Å². The van der Waals surface area contributed by atoms with Crippen LogP contribution in [0.15, 0.2) is 29.4 Å². The molecule has 96 valence electrons. The van der Waals surface area contributed by atoms with Gasteiger partial charge in [0.05, 0.1) is 0 Å². The Labute approximate surface area is 108 Å². The Hall–Kier alpha value is -1.76. The number of nitrogens with zero attached hydrogens (tertiary/aromatic N) is 3. The number of aromatic nitrogens is 3. The van der Waals surface area contributed by atoms with Gasteiger partial charge in [0.2, 0.25) is 5.16 Å². The van der Waals surface area contributed by atoms with E-state index in [1.165, 1.54) is 22.5 Å². The fraction of sp³-hybridized carbons (Fsp3) is 0.273. The van der Waals surface area contributed by atoms with E-state index in [4.69, 9.17) is 10.6 Å². The molecule has 0 aliphatic carbocycles. The molecule has 0 saturated heterocycles. The van der Waals surface area contributed by atoms with Gasteiger partial charge in [0.15, 0.2) is 17.4 Å². The van der Waals surface area contributed by atoms with Crippen LogP contribution in [0.3, 0.4) is 0 Å². The second-order valence-electron chi connectivity index (χ2n) is 3.42. The molecule has 7 heteroatoms. The summed E-state index contributed by atoms with van der Waals surface area (Å²) in [4.78, 5) is 0. The predicted molar refractivity (Wildman–Crippen MR) is 67.3 cm³/mol. The molecule has 0 aliphatic heterocycles. The van der Waals surface area contributed by atoms with E-state index in [9.17, 15) is 4.39 Å². The zero-order valence-corrected chi connectivity index (χ0v) is 10.7. The molecule has 0 bridgehead atoms. The minimum absolute atomic E-state index is 0.0781. The minimum atomic E-state index is -0.413. The van der Waals surface area contributed by atoms with E-state index >= 15 is 0 Å². The average Bonchev–Trinajstić information content (AvgIpc) is 2.71. The van der Waals surface area contributed by atoms with Crippen LogP contribution in [-0.2, 0) is 6.61 Å². The lowest BCUT2D eigenvalue weighted by Crippen LogP contribution is -2.16. The second kappa shape index (κ2) is 5.72. The van der Waals surface area contributed by atoms with E-state index < -0.39 is 5.82 Å². The van der Waals surface area contributed by atoms with E-state index in [-0.39, 0.29) is 12.4 Å². The number of benzene rings is 1. The van der Waals surface area contributed by atoms with Crippen molar-refractivity contribution >= 4 is 11.8 Å². The Bertz CT molecular complexity index is 532. The smallest absolute Gasteiger partial charge is 0.209 e. The van der Waals surface area contributed by atoms with Crippen molar-refractivity contribution in [2.24, 2.45) is 0 Å². The number of halogens is 1. The molecule has 5 nitrogen and oxygen atoms in total. The standard InChI is InChI=1S/C11H13FN4OS/c1-2-18-11-15-14-10(16(11)13)7-17-9-6-4-3-5-8(9)12/h3-6H,2,7,13H2,1H3. The van der Waals surface area contributed by atoms with Crippen LogP contribution in [0.5, 0.6) is 5.75 Å². The molecule has 0 spiro atoms. The van der Waals surface area contributed by atoms with Crippen molar-refractivity contribution in [1.82, 2.24) is 14.9 Å². The average molecular weight is 268 g/mol. The molecule has 2 N–H and O–H groups in total. The van der Waals surface area contributed by atoms with Gasteiger partial charge in [-0.2, -0.15) is 0 Å². The van der Waals surface area contributed by atoms with Crippen molar-refractivity contribution in [1.29, 1.82) is 0 Å². The van der Waals surface area contributed by atoms with Crippen LogP contribution in [0.2, 0.25) is 0 Å². The number of rotatable bonds is 5. The van der Waals surface area contributed by atoms with Crippen molar-refractivity contribution in [2.45, 2.75) is 18.7 Å². The number of nitrogens with two attached hydrogens (primary N) is 1. The van der Waals surface area contributed by atoms with Gasteiger partial charge in [-0.1, -0.05) is 30.8 Å². The first kappa shape index (κ1) is 12.7. The number of hydrogen-bond donors (Lipinski definition) is 1. The maximum absolute atomic E-state index is 13.3. The van der Waals surface area contributed by atoms with Gasteiger partial charge in [-0.3, -0.25) is 0 Å². The summed E-state index contributed by atoms with van der Waals surface area (Å²) in [6, 6.07) is 6.18. The molecule has 1 aromatic carbocycles. The molecule has 18 heavy (non-hydrogen) atoms. The lowest BCUT2D eigenvalue weighted by molar-refractivity contribution is 0.277. The lowest BCUT2D eigenvalue weighted by atomic mass is 10.3. The first-order chi connectivity index (χ1) is 8.72. The highest BCUT2D eigenvalue weighted by Gasteiger charge is 2.10. The van der Waals surface area contributed by atoms with Gasteiger partial charge >= 0.3 is 0 Å². The maximum atomic E-state index is 13.3. The molecule has 0 radical (unpaired) electrons. The highest BCUT2D eigenvalue weighted by atomic mass is 32.2. The molecule has 0 unspecified atom stereocenters. The Balaban J connectivity index is 2.05. The Morgan fingerprint density at radius 2 is 2.17 bits per heavy atom. The molecule has 2 rings (SSSR count). The Morgan fingerprint density at radius 3 is 2.89 bits per heavy atom. The van der Waals surface area contributed by atoms with E-state index in [1.54, 1.807) is 18.2 Å². The number of para-hydroxylation sites is 1. The van der Waals surface area contributed by atoms with Crippen molar-refractivity contribution in [3.63, 3.8) is 0 Å². The van der Waals surface area contributed by atoms with Gasteiger partial charge in [-0.25, -0.2) is 9.07 Å². The van der Waals surface area contributed by atoms with E-state index in [1.807, 2.05) is 6.92 Å². The first-order valence-electron chi connectivity index (χ1n) is 5.42. The zero-order chi connectivity index (χ0) is 13.0. The fourth-order valence-electron chi connectivity index (χ4n) is 1.34. The van der Waals surface area contributed by atoms with Crippen molar-refractivity contribution in [2.75, 3.05) is 11.6 Å². The highest BCUT2D eigenvalue weighted by molar-refractivity contribution is 7.99. The van der Waals surface area contributed by atoms with Crippen molar-refractivity contribution < 1.29 is 9.13 Å². The largest absolute Gasteiger partial charge is 0.482 e. The zero-order valence-electron chi connectivity index (χ0n) is 9.84. The predicted octanol–water partition coefficient (Wildman–Crippen LogP) is 1.82. The first-order valence-corrected chi connectivity index (χ1v) is 6.40. The summed E-state index contributed by atoms with van der Waals surface area (Å²) in [6.45, 7) is 2.07. The summed E-state index contributed by atoms with van der Waals surface area (Å²) >= 11 is 1.48. The number of ether oxygens (including phenoxy) is 1. The monoisotopic (exact) mass is 268 g/mol. The molecule has 1 aromatic heterocycles. The number of nitrogen functional groups attached to an aromatic ring is 1. The third-order valence-electron chi connectivity index (χ3n) is 2.20. The fourth-order valence-corrected chi connectivity index (χ4v) is 1.94. The molecular formula is C11H13FN4OS. The molecule has 0 saturated carbocycles. The van der Waals surface area contributed by atoms with Gasteiger partial charge in [-0.05, 0) is 17.9 Å². The lowest BCUT2D eigenvalue weighted by Gasteiger charge is -2.06. The molecule has 2 aromatic rings. The van der Waals surface area contributed by atoms with E-state index in [0.29, 0.717) is 11.0 Å². The third-order valence-corrected chi connectivity index (χ3v) is 3.03. The Kier molecular flexibility index (Phi) is 4.03. The molecular weight excluding hydrogens is 255 g/mol. The van der Waals surface area contributed by atoms with Crippen LogP contribution in [-0.4, -0.2) is 20.6 Å². The molecule has 0 aliphatic rings. The summed E-state index contributed by atoms with van der Waals surface area (Å²) in [5.41, 5.74) is 0. The van der Waals surface area contributed by atoms with Crippen LogP contribution in [0.25, 0.3) is 0 Å². The van der Waals surface area contributed by atoms with Crippen molar-refractivity contribution in [3.05, 3.63) is 35.9 Å². The highest BCUT2D eigenvalue weighted by Crippen LogP contribution is 2.18. The van der Waals surface area contributed by atoms with E-state index in [0.717, 1.165) is 5.75 Å². The van der Waals surface area contributed by atoms with Gasteiger partial charge in [0.25, 0.3) is 0 Å². The quantitative estimate of drug-likeness (QED) is 0.662. The number of thioether (sulfide) groups is 1. The van der Waals surface area contributed by atoms with Gasteiger partial charge in [0, 0.05) is 0 Å². The van der Waals surface area contributed by atoms with Crippen LogP contribution in [0, 0.1) is 5.82 Å². The van der Waals surface area contributed by atoms with Gasteiger partial charge in [0.1, 0.15) is 6.61 Å². The minimum Gasteiger partial charge on any atom is -0.482 e. The topological polar surface area (TPSA) is 66.0 Å². The maximum Gasteiger partial charge on any atom is 0.209 e. The second-order valence-corrected chi connectivity index (χ2v) is 4.65. The normalized spacial score (nSPS) is 10.6. The summed E-state index contributed by atoms with van der Waals surface area (Å²) < 4.78 is 20.0. The van der Waals surface area contributed by atoms with Crippen molar-refractivity contribution in [3.8, 4) is 5.75 Å². The summed E-state index contributed by atoms with van der Waals surface area (Å²) in [5.74, 6) is 6.85. The van der Waals surface area contributed by atoms with E-state index in [2.05, 4.69) is 10.2 Å². The molecule has 1 heterocycles. The summed E-state index contributed by atoms with van der Waals surface area (Å²) in [7, 11) is 0. The van der Waals surface area contributed by atoms with Gasteiger partial charge < -0.3 is 10.6 Å². The van der Waals surface area contributed by atoms with Gasteiger partial charge in [-0.15, -0.1) is 10.2 Å². The number of hydrogen-bond acceptors (Lipinski definition) is 5. The molecule has 0 atom stereocenters. The molecule has 0 fully saturated rings. The van der Waals surface area contributed by atoms with Crippen LogP contribution in [0.1, 0.15) is 12.7 Å². The van der Waals surface area contributed by atoms with Crippen LogP contribution < -0.4 is 10.6 Å².